The Morgan fingerprint density at radius 1 is 1.38 bits per heavy atom. The highest BCUT2D eigenvalue weighted by molar-refractivity contribution is 9.10. The highest BCUT2D eigenvalue weighted by Gasteiger charge is 2.24. The van der Waals surface area contributed by atoms with Crippen LogP contribution in [-0.4, -0.2) is 21.5 Å². The minimum atomic E-state index is -3.65. The molecule has 2 aromatic heterocycles. The second kappa shape index (κ2) is 6.78. The van der Waals surface area contributed by atoms with Crippen LogP contribution in [0.2, 0.25) is 0 Å². The molecule has 0 aliphatic rings. The predicted molar refractivity (Wildman–Crippen MR) is 81.4 cm³/mol. The van der Waals surface area contributed by atoms with E-state index in [1.54, 1.807) is 26.3 Å². The maximum absolute atomic E-state index is 12.4. The SMILES string of the molecule is CNCc1cc(S(=O)(=O)NC(C)Cc2ccco2)c(Br)o1. The van der Waals surface area contributed by atoms with Crippen molar-refractivity contribution in [3.8, 4) is 0 Å². The largest absolute Gasteiger partial charge is 0.469 e. The number of rotatable bonds is 7. The molecule has 2 aromatic rings. The molecule has 0 aliphatic carbocycles. The van der Waals surface area contributed by atoms with Gasteiger partial charge in [-0.15, -0.1) is 0 Å². The molecule has 0 amide bonds. The zero-order valence-electron chi connectivity index (χ0n) is 11.7. The molecule has 21 heavy (non-hydrogen) atoms. The van der Waals surface area contributed by atoms with Gasteiger partial charge >= 0.3 is 0 Å². The lowest BCUT2D eigenvalue weighted by atomic mass is 10.2. The van der Waals surface area contributed by atoms with Gasteiger partial charge in [-0.3, -0.25) is 0 Å². The van der Waals surface area contributed by atoms with E-state index in [0.717, 1.165) is 5.76 Å². The summed E-state index contributed by atoms with van der Waals surface area (Å²) < 4.78 is 38.1. The Morgan fingerprint density at radius 2 is 2.14 bits per heavy atom. The van der Waals surface area contributed by atoms with Gasteiger partial charge in [0, 0.05) is 18.5 Å². The molecule has 116 valence electrons. The first-order valence-corrected chi connectivity index (χ1v) is 8.67. The Hall–Kier alpha value is -1.09. The fourth-order valence-corrected chi connectivity index (χ4v) is 4.18. The molecule has 2 heterocycles. The van der Waals surface area contributed by atoms with E-state index in [9.17, 15) is 8.42 Å². The third-order valence-electron chi connectivity index (χ3n) is 2.79. The van der Waals surface area contributed by atoms with Crippen LogP contribution in [0.5, 0.6) is 0 Å². The smallest absolute Gasteiger partial charge is 0.245 e. The van der Waals surface area contributed by atoms with Gasteiger partial charge in [0.25, 0.3) is 0 Å². The Bertz CT molecular complexity index is 679. The Balaban J connectivity index is 2.10. The van der Waals surface area contributed by atoms with Crippen molar-refractivity contribution < 1.29 is 17.3 Å². The zero-order valence-corrected chi connectivity index (χ0v) is 14.1. The van der Waals surface area contributed by atoms with Crippen molar-refractivity contribution in [1.82, 2.24) is 10.0 Å². The lowest BCUT2D eigenvalue weighted by molar-refractivity contribution is 0.468. The summed E-state index contributed by atoms with van der Waals surface area (Å²) in [4.78, 5) is 0.0963. The fraction of sp³-hybridized carbons (Fsp3) is 0.385. The Labute approximate surface area is 132 Å². The maximum Gasteiger partial charge on any atom is 0.245 e. The monoisotopic (exact) mass is 376 g/mol. The van der Waals surface area contributed by atoms with Gasteiger partial charge in [0.05, 0.1) is 12.8 Å². The van der Waals surface area contributed by atoms with Gasteiger partial charge in [-0.1, -0.05) is 0 Å². The number of halogens is 1. The predicted octanol–water partition coefficient (Wildman–Crippen LogP) is 2.26. The van der Waals surface area contributed by atoms with Crippen LogP contribution in [0, 0.1) is 0 Å². The van der Waals surface area contributed by atoms with E-state index < -0.39 is 10.0 Å². The molecule has 1 unspecified atom stereocenters. The summed E-state index contributed by atoms with van der Waals surface area (Å²) in [5.41, 5.74) is 0. The van der Waals surface area contributed by atoms with Crippen LogP contribution in [0.15, 0.2) is 42.9 Å². The van der Waals surface area contributed by atoms with Crippen LogP contribution in [0.3, 0.4) is 0 Å². The molecule has 0 fully saturated rings. The molecule has 0 bridgehead atoms. The van der Waals surface area contributed by atoms with Gasteiger partial charge in [0.2, 0.25) is 10.0 Å². The third-order valence-corrected chi connectivity index (χ3v) is 5.24. The molecule has 2 N–H and O–H groups in total. The molecule has 0 saturated heterocycles. The molecule has 0 spiro atoms. The van der Waals surface area contributed by atoms with E-state index in [0.29, 0.717) is 18.7 Å². The third kappa shape index (κ3) is 4.19. The topological polar surface area (TPSA) is 84.5 Å². The summed E-state index contributed by atoms with van der Waals surface area (Å²) in [5, 5.41) is 2.90. The van der Waals surface area contributed by atoms with E-state index in [2.05, 4.69) is 26.0 Å². The van der Waals surface area contributed by atoms with Gasteiger partial charge < -0.3 is 14.2 Å². The van der Waals surface area contributed by atoms with Crippen LogP contribution in [0.1, 0.15) is 18.4 Å². The van der Waals surface area contributed by atoms with Crippen LogP contribution in [-0.2, 0) is 23.0 Å². The van der Waals surface area contributed by atoms with Crippen molar-refractivity contribution in [3.63, 3.8) is 0 Å². The maximum atomic E-state index is 12.4. The minimum absolute atomic E-state index is 0.0963. The fourth-order valence-electron chi connectivity index (χ4n) is 1.94. The van der Waals surface area contributed by atoms with Gasteiger partial charge in [0.15, 0.2) is 4.67 Å². The lowest BCUT2D eigenvalue weighted by Crippen LogP contribution is -2.34. The van der Waals surface area contributed by atoms with E-state index in [-0.39, 0.29) is 15.6 Å². The van der Waals surface area contributed by atoms with Gasteiger partial charge in [-0.05, 0) is 42.0 Å². The highest BCUT2D eigenvalue weighted by atomic mass is 79.9. The standard InChI is InChI=1S/C13H17BrN2O4S/c1-9(6-10-4-3-5-19-10)16-21(17,18)12-7-11(8-15-2)20-13(12)14/h3-5,7,9,15-16H,6,8H2,1-2H3. The van der Waals surface area contributed by atoms with Crippen LogP contribution in [0.25, 0.3) is 0 Å². The second-order valence-corrected chi connectivity index (χ2v) is 7.09. The van der Waals surface area contributed by atoms with Crippen LogP contribution in [0.4, 0.5) is 0 Å². The van der Waals surface area contributed by atoms with Crippen molar-refractivity contribution in [3.05, 3.63) is 40.7 Å². The van der Waals surface area contributed by atoms with Crippen LogP contribution < -0.4 is 10.0 Å². The number of furan rings is 2. The summed E-state index contributed by atoms with van der Waals surface area (Å²) >= 11 is 3.14. The van der Waals surface area contributed by atoms with Crippen molar-refractivity contribution in [1.29, 1.82) is 0 Å². The van der Waals surface area contributed by atoms with Gasteiger partial charge in [-0.25, -0.2) is 13.1 Å². The molecule has 8 heteroatoms. The molecular weight excluding hydrogens is 360 g/mol. The Kier molecular flexibility index (Phi) is 5.26. The normalized spacial score (nSPS) is 13.5. The molecule has 0 aromatic carbocycles. The average Bonchev–Trinajstić information content (AvgIpc) is 2.99. The summed E-state index contributed by atoms with van der Waals surface area (Å²) in [5.74, 6) is 1.27. The van der Waals surface area contributed by atoms with Gasteiger partial charge in [0.1, 0.15) is 16.4 Å². The van der Waals surface area contributed by atoms with Gasteiger partial charge in [-0.2, -0.15) is 0 Å². The molecule has 6 nitrogen and oxygen atoms in total. The summed E-state index contributed by atoms with van der Waals surface area (Å²) in [6, 6.07) is 4.79. The highest BCUT2D eigenvalue weighted by Crippen LogP contribution is 2.26. The lowest BCUT2D eigenvalue weighted by Gasteiger charge is -2.12. The second-order valence-electron chi connectivity index (χ2n) is 4.69. The molecule has 0 radical (unpaired) electrons. The minimum Gasteiger partial charge on any atom is -0.469 e. The number of hydrogen-bond donors (Lipinski definition) is 2. The molecule has 0 saturated carbocycles. The van der Waals surface area contributed by atoms with E-state index in [1.807, 2.05) is 6.07 Å². The number of sulfonamides is 1. The first-order valence-electron chi connectivity index (χ1n) is 6.40. The van der Waals surface area contributed by atoms with E-state index >= 15 is 0 Å². The quantitative estimate of drug-likeness (QED) is 0.773. The zero-order chi connectivity index (χ0) is 15.5. The molecule has 2 rings (SSSR count). The molecule has 1 atom stereocenters. The summed E-state index contributed by atoms with van der Waals surface area (Å²) in [6.45, 7) is 2.23. The molecular formula is C13H17BrN2O4S. The van der Waals surface area contributed by atoms with E-state index in [4.69, 9.17) is 8.83 Å². The van der Waals surface area contributed by atoms with Crippen LogP contribution >= 0.6 is 15.9 Å². The van der Waals surface area contributed by atoms with Crippen molar-refractivity contribution in [2.75, 3.05) is 7.05 Å². The van der Waals surface area contributed by atoms with Crippen molar-refractivity contribution >= 4 is 26.0 Å². The summed E-state index contributed by atoms with van der Waals surface area (Å²) in [6.07, 6.45) is 2.04. The number of hydrogen-bond acceptors (Lipinski definition) is 5. The van der Waals surface area contributed by atoms with Crippen molar-refractivity contribution in [2.45, 2.75) is 30.8 Å². The average molecular weight is 377 g/mol. The first-order chi connectivity index (χ1) is 9.92. The number of nitrogens with one attached hydrogen (secondary N) is 2. The molecule has 0 aliphatic heterocycles. The van der Waals surface area contributed by atoms with E-state index in [1.165, 1.54) is 6.07 Å². The Morgan fingerprint density at radius 3 is 2.76 bits per heavy atom. The van der Waals surface area contributed by atoms with Crippen molar-refractivity contribution in [2.24, 2.45) is 0 Å². The first kappa shape index (κ1) is 16.3. The summed E-state index contributed by atoms with van der Waals surface area (Å²) in [7, 11) is -1.89.